The van der Waals surface area contributed by atoms with Crippen molar-refractivity contribution in [1.29, 1.82) is 5.26 Å². The predicted molar refractivity (Wildman–Crippen MR) is 123 cm³/mol. The third-order valence-electron chi connectivity index (χ3n) is 6.45. The summed E-state index contributed by atoms with van der Waals surface area (Å²) in [6, 6.07) is 5.58. The van der Waals surface area contributed by atoms with Gasteiger partial charge in [-0.2, -0.15) is 5.26 Å². The van der Waals surface area contributed by atoms with Crippen LogP contribution in [-0.4, -0.2) is 53.8 Å². The van der Waals surface area contributed by atoms with E-state index in [-0.39, 0.29) is 23.4 Å². The lowest BCUT2D eigenvalue weighted by atomic mass is 9.97. The Kier molecular flexibility index (Phi) is 9.67. The molecule has 0 aromatic carbocycles. The molecule has 7 nitrogen and oxygen atoms in total. The first-order chi connectivity index (χ1) is 15.7. The van der Waals surface area contributed by atoms with Crippen molar-refractivity contribution in [3.63, 3.8) is 0 Å². The normalized spacial score (nSPS) is 20.0. The average molecular weight is 441 g/mol. The third-order valence-corrected chi connectivity index (χ3v) is 6.45. The summed E-state index contributed by atoms with van der Waals surface area (Å²) in [5.41, 5.74) is 0.141. The molecule has 2 amide bonds. The number of nitrogens with one attached hydrogen (secondary N) is 1. The molecule has 1 aliphatic carbocycles. The van der Waals surface area contributed by atoms with Crippen molar-refractivity contribution >= 4 is 11.8 Å². The van der Waals surface area contributed by atoms with Gasteiger partial charge in [-0.15, -0.1) is 0 Å². The van der Waals surface area contributed by atoms with E-state index in [4.69, 9.17) is 4.42 Å². The van der Waals surface area contributed by atoms with Gasteiger partial charge in [0.05, 0.1) is 6.26 Å². The molecule has 2 fully saturated rings. The molecule has 7 heteroatoms. The number of hydrogen-bond acceptors (Lipinski definition) is 5. The summed E-state index contributed by atoms with van der Waals surface area (Å²) in [4.78, 5) is 28.9. The molecule has 1 aromatic rings. The van der Waals surface area contributed by atoms with E-state index in [1.165, 1.54) is 51.2 Å². The Balaban J connectivity index is 1.50. The first kappa shape index (κ1) is 23.9. The highest BCUT2D eigenvalue weighted by Crippen LogP contribution is 2.17. The van der Waals surface area contributed by atoms with Gasteiger partial charge in [-0.25, -0.2) is 0 Å². The number of carbonyl (C=O) groups excluding carboxylic acids is 2. The van der Waals surface area contributed by atoms with Gasteiger partial charge in [0.1, 0.15) is 11.6 Å². The Morgan fingerprint density at radius 3 is 2.09 bits per heavy atom. The molecule has 0 unspecified atom stereocenters. The molecule has 1 saturated heterocycles. The molecule has 1 N–H and O–H groups in total. The van der Waals surface area contributed by atoms with E-state index in [0.29, 0.717) is 31.9 Å². The van der Waals surface area contributed by atoms with Crippen LogP contribution in [0.1, 0.15) is 81.2 Å². The molecular weight excluding hydrogens is 404 g/mol. The summed E-state index contributed by atoms with van der Waals surface area (Å²) in [7, 11) is 0. The Labute approximate surface area is 191 Å². The Morgan fingerprint density at radius 1 is 0.969 bits per heavy atom. The van der Waals surface area contributed by atoms with Gasteiger partial charge < -0.3 is 19.5 Å². The van der Waals surface area contributed by atoms with E-state index in [2.05, 4.69) is 11.4 Å². The zero-order chi connectivity index (χ0) is 22.6. The minimum atomic E-state index is -0.279. The molecule has 1 saturated carbocycles. The first-order valence-electron chi connectivity index (χ1n) is 12.2. The fraction of sp³-hybridized carbons (Fsp3) is 0.640. The lowest BCUT2D eigenvalue weighted by Crippen LogP contribution is -2.47. The van der Waals surface area contributed by atoms with E-state index in [9.17, 15) is 14.9 Å². The highest BCUT2D eigenvalue weighted by atomic mass is 16.3. The fourth-order valence-electron chi connectivity index (χ4n) is 4.50. The number of nitriles is 1. The van der Waals surface area contributed by atoms with Gasteiger partial charge in [-0.1, -0.05) is 57.8 Å². The second-order valence-corrected chi connectivity index (χ2v) is 8.89. The zero-order valence-corrected chi connectivity index (χ0v) is 19.1. The van der Waals surface area contributed by atoms with E-state index in [1.54, 1.807) is 23.2 Å². The van der Waals surface area contributed by atoms with Crippen LogP contribution >= 0.6 is 0 Å². The molecule has 32 heavy (non-hydrogen) atoms. The lowest BCUT2D eigenvalue weighted by molar-refractivity contribution is -0.118. The number of piperazine rings is 1. The largest absolute Gasteiger partial charge is 0.459 e. The molecule has 2 aliphatic rings. The van der Waals surface area contributed by atoms with Crippen molar-refractivity contribution in [2.75, 3.05) is 26.2 Å². The standard InChI is InChI=1S/C25H36N4O3/c26-19-21(20-28-14-16-29(17-15-28)25(31)23-13-10-18-32-23)24(30)27-22-11-8-6-4-2-1-3-5-7-9-12-22/h10,13,18,20,22H,1-9,11-12,14-17H2,(H,27,30)/b21-20-. The second-order valence-electron chi connectivity index (χ2n) is 8.89. The van der Waals surface area contributed by atoms with Gasteiger partial charge in [0.2, 0.25) is 0 Å². The molecule has 1 aromatic heterocycles. The molecular formula is C25H36N4O3. The number of rotatable bonds is 4. The monoisotopic (exact) mass is 440 g/mol. The Morgan fingerprint density at radius 2 is 1.56 bits per heavy atom. The zero-order valence-electron chi connectivity index (χ0n) is 19.1. The maximum absolute atomic E-state index is 12.8. The summed E-state index contributed by atoms with van der Waals surface area (Å²) in [6.07, 6.45) is 16.3. The van der Waals surface area contributed by atoms with Crippen LogP contribution in [-0.2, 0) is 4.79 Å². The van der Waals surface area contributed by atoms with Crippen LogP contribution in [0.2, 0.25) is 0 Å². The molecule has 2 heterocycles. The van der Waals surface area contributed by atoms with Crippen LogP contribution in [0, 0.1) is 11.3 Å². The number of carbonyl (C=O) groups is 2. The van der Waals surface area contributed by atoms with Gasteiger partial charge in [0, 0.05) is 38.4 Å². The SMILES string of the molecule is N#C/C(=C/N1CCN(C(=O)c2ccco2)CC1)C(=O)NC1CCCCCCCCCCC1. The lowest BCUT2D eigenvalue weighted by Gasteiger charge is -2.33. The van der Waals surface area contributed by atoms with Crippen molar-refractivity contribution in [3.8, 4) is 6.07 Å². The van der Waals surface area contributed by atoms with Crippen LogP contribution in [0.15, 0.2) is 34.6 Å². The van der Waals surface area contributed by atoms with Gasteiger partial charge >= 0.3 is 0 Å². The van der Waals surface area contributed by atoms with Crippen molar-refractivity contribution in [3.05, 3.63) is 35.9 Å². The molecule has 174 valence electrons. The summed E-state index contributed by atoms with van der Waals surface area (Å²) < 4.78 is 5.19. The summed E-state index contributed by atoms with van der Waals surface area (Å²) in [5, 5.41) is 12.7. The number of amides is 2. The van der Waals surface area contributed by atoms with Crippen LogP contribution in [0.3, 0.4) is 0 Å². The van der Waals surface area contributed by atoms with E-state index in [1.807, 2.05) is 4.90 Å². The number of nitrogens with zero attached hydrogens (tertiary/aromatic N) is 3. The van der Waals surface area contributed by atoms with Crippen molar-refractivity contribution in [1.82, 2.24) is 15.1 Å². The van der Waals surface area contributed by atoms with Gasteiger partial charge in [0.15, 0.2) is 5.76 Å². The van der Waals surface area contributed by atoms with Gasteiger partial charge in [-0.3, -0.25) is 9.59 Å². The predicted octanol–water partition coefficient (Wildman–Crippen LogP) is 4.23. The second kappa shape index (κ2) is 12.9. The first-order valence-corrected chi connectivity index (χ1v) is 12.2. The Hall–Kier alpha value is -2.75. The van der Waals surface area contributed by atoms with Crippen LogP contribution in [0.5, 0.6) is 0 Å². The summed E-state index contributed by atoms with van der Waals surface area (Å²) >= 11 is 0. The van der Waals surface area contributed by atoms with Gasteiger partial charge in [0.25, 0.3) is 11.8 Å². The minimum Gasteiger partial charge on any atom is -0.459 e. The van der Waals surface area contributed by atoms with Crippen molar-refractivity contribution in [2.45, 2.75) is 76.7 Å². The maximum Gasteiger partial charge on any atom is 0.289 e. The highest BCUT2D eigenvalue weighted by Gasteiger charge is 2.24. The van der Waals surface area contributed by atoms with Crippen LogP contribution in [0.25, 0.3) is 0 Å². The molecule has 0 atom stereocenters. The molecule has 0 bridgehead atoms. The fourth-order valence-corrected chi connectivity index (χ4v) is 4.50. The molecule has 0 spiro atoms. The topological polar surface area (TPSA) is 89.6 Å². The molecule has 0 radical (unpaired) electrons. The molecule has 3 rings (SSSR count). The van der Waals surface area contributed by atoms with Crippen molar-refractivity contribution in [2.24, 2.45) is 0 Å². The van der Waals surface area contributed by atoms with Crippen LogP contribution < -0.4 is 5.32 Å². The summed E-state index contributed by atoms with van der Waals surface area (Å²) in [6.45, 7) is 2.21. The highest BCUT2D eigenvalue weighted by molar-refractivity contribution is 5.97. The third kappa shape index (κ3) is 7.44. The smallest absolute Gasteiger partial charge is 0.289 e. The summed E-state index contributed by atoms with van der Waals surface area (Å²) in [5.74, 6) is -0.0684. The maximum atomic E-state index is 12.8. The number of furan rings is 1. The Bertz CT molecular complexity index is 777. The molecule has 1 aliphatic heterocycles. The average Bonchev–Trinajstić information content (AvgIpc) is 3.34. The quantitative estimate of drug-likeness (QED) is 0.559. The van der Waals surface area contributed by atoms with E-state index >= 15 is 0 Å². The van der Waals surface area contributed by atoms with Crippen LogP contribution in [0.4, 0.5) is 0 Å². The minimum absolute atomic E-state index is 0.126. The van der Waals surface area contributed by atoms with Crippen molar-refractivity contribution < 1.29 is 14.0 Å². The van der Waals surface area contributed by atoms with E-state index < -0.39 is 0 Å². The van der Waals surface area contributed by atoms with Gasteiger partial charge in [-0.05, 0) is 25.0 Å². The van der Waals surface area contributed by atoms with E-state index in [0.717, 1.165) is 25.7 Å². The number of hydrogen-bond donors (Lipinski definition) is 1.